The van der Waals surface area contributed by atoms with Gasteiger partial charge in [-0.05, 0) is 144 Å². The van der Waals surface area contributed by atoms with Crippen molar-refractivity contribution in [2.45, 2.75) is 31.6 Å². The molecule has 0 saturated heterocycles. The number of benzene rings is 16. The van der Waals surface area contributed by atoms with Crippen LogP contribution in [0.3, 0.4) is 0 Å². The predicted octanol–water partition coefficient (Wildman–Crippen LogP) is 24.3. The second kappa shape index (κ2) is 23.9. The van der Waals surface area contributed by atoms with Gasteiger partial charge in [-0.3, -0.25) is 0 Å². The molecule has 0 bridgehead atoms. The Hall–Kier alpha value is -13.2. The molecule has 21 rings (SSSR count). The van der Waals surface area contributed by atoms with E-state index in [1.807, 2.05) is 18.2 Å². The van der Waals surface area contributed by atoms with Crippen molar-refractivity contribution in [3.05, 3.63) is 404 Å². The van der Waals surface area contributed by atoms with E-state index in [1.54, 1.807) is 4.57 Å². The Kier molecular flexibility index (Phi) is 12.1. The van der Waals surface area contributed by atoms with Crippen molar-refractivity contribution in [2.24, 2.45) is 0 Å². The van der Waals surface area contributed by atoms with E-state index in [0.717, 1.165) is 123 Å². The van der Waals surface area contributed by atoms with Gasteiger partial charge in [-0.15, -0.1) is 0 Å². The Morgan fingerprint density at radius 3 is 1.20 bits per heavy atom. The summed E-state index contributed by atoms with van der Waals surface area (Å²) in [6.45, 7) is 6.34. The summed E-state index contributed by atoms with van der Waals surface area (Å²) < 4.78 is 79.8. The molecule has 0 radical (unpaired) electrons. The summed E-state index contributed by atoms with van der Waals surface area (Å²) in [6.07, 6.45) is 0. The van der Waals surface area contributed by atoms with Crippen LogP contribution in [0.4, 0.5) is 34.1 Å². The molecule has 0 atom stereocenters. The third-order valence-corrected chi connectivity index (χ3v) is 22.6. The molecule has 0 N–H and O–H groups in total. The molecule has 1 aliphatic carbocycles. The third kappa shape index (κ3) is 9.09. The van der Waals surface area contributed by atoms with Crippen LogP contribution in [0.1, 0.15) is 59.6 Å². The smallest absolute Gasteiger partial charge is 0.252 e. The first kappa shape index (κ1) is 53.6. The van der Waals surface area contributed by atoms with Gasteiger partial charge in [0.1, 0.15) is 0 Å². The molecule has 0 amide bonds. The molecule has 18 aromatic rings. The highest BCUT2D eigenvalue weighted by Gasteiger charge is 2.49. The zero-order valence-corrected chi connectivity index (χ0v) is 58.5. The molecule has 498 valence electrons. The summed E-state index contributed by atoms with van der Waals surface area (Å²) >= 11 is 0. The van der Waals surface area contributed by atoms with Gasteiger partial charge in [0, 0.05) is 77.9 Å². The number of aromatic nitrogens is 2. The highest BCUT2D eigenvalue weighted by atomic mass is 15.2. The van der Waals surface area contributed by atoms with Crippen LogP contribution < -0.4 is 26.2 Å². The number of fused-ring (bicyclic) bond motifs is 14. The van der Waals surface area contributed by atoms with E-state index in [2.05, 4.69) is 345 Å². The van der Waals surface area contributed by atoms with Gasteiger partial charge in [0.05, 0.1) is 49.8 Å². The highest BCUT2D eigenvalue weighted by molar-refractivity contribution is 7.00. The maximum Gasteiger partial charge on any atom is 0.252 e. The number of rotatable bonds is 10. The predicted molar refractivity (Wildman–Crippen MR) is 447 cm³/mol. The third-order valence-electron chi connectivity index (χ3n) is 22.6. The number of anilines is 6. The normalized spacial score (nSPS) is 14.3. The lowest BCUT2D eigenvalue weighted by molar-refractivity contribution is 0.590. The van der Waals surface area contributed by atoms with Gasteiger partial charge in [0.25, 0.3) is 6.71 Å². The first-order chi connectivity index (χ1) is 55.6. The minimum atomic E-state index is -0.710. The Morgan fingerprint density at radius 1 is 0.321 bits per heavy atom. The number of nitrogens with zero attached hydrogens (tertiary/aromatic N) is 4. The van der Waals surface area contributed by atoms with Crippen molar-refractivity contribution in [3.8, 4) is 67.0 Å². The molecule has 0 unspecified atom stereocenters. The van der Waals surface area contributed by atoms with Crippen molar-refractivity contribution >= 4 is 101 Å². The van der Waals surface area contributed by atoms with E-state index < -0.39 is 53.8 Å². The average Bonchev–Trinajstić information content (AvgIpc) is 1.46. The fraction of sp³-hybridized carbons (Fsp3) is 0.0495. The fourth-order valence-electron chi connectivity index (χ4n) is 18.1. The zero-order valence-electron chi connectivity index (χ0n) is 66.5. The maximum absolute atomic E-state index is 9.85. The molecule has 4 nitrogen and oxygen atoms in total. The van der Waals surface area contributed by atoms with E-state index in [4.69, 9.17) is 2.74 Å². The molecule has 0 fully saturated rings. The van der Waals surface area contributed by atoms with Crippen LogP contribution in [0.25, 0.3) is 111 Å². The van der Waals surface area contributed by atoms with Gasteiger partial charge < -0.3 is 18.9 Å². The van der Waals surface area contributed by atoms with Crippen molar-refractivity contribution in [1.82, 2.24) is 9.13 Å². The molecule has 5 heteroatoms. The van der Waals surface area contributed by atoms with Crippen LogP contribution in [0, 0.1) is 0 Å². The Morgan fingerprint density at radius 2 is 0.726 bits per heavy atom. The summed E-state index contributed by atoms with van der Waals surface area (Å²) in [6, 6.07) is 115. The van der Waals surface area contributed by atoms with Crippen LogP contribution in [-0.2, 0) is 10.8 Å². The number of hydrogen-bond acceptors (Lipinski definition) is 2. The minimum Gasteiger partial charge on any atom is -0.310 e. The second-order valence-electron chi connectivity index (χ2n) is 29.2. The Labute approximate surface area is 629 Å². The quantitative estimate of drug-likeness (QED) is 0.127. The van der Waals surface area contributed by atoms with E-state index >= 15 is 0 Å². The van der Waals surface area contributed by atoms with Crippen molar-refractivity contribution in [2.75, 3.05) is 9.80 Å². The van der Waals surface area contributed by atoms with Crippen LogP contribution in [0.5, 0.6) is 0 Å². The molecule has 16 aromatic carbocycles. The Bertz CT molecular complexity index is 6830. The molecule has 4 heterocycles. The number of para-hydroxylation sites is 5. The molecular weight excluding hydrogens is 1280 g/mol. The fourth-order valence-corrected chi connectivity index (χ4v) is 18.1. The van der Waals surface area contributed by atoms with E-state index in [9.17, 15) is 8.22 Å². The van der Waals surface area contributed by atoms with Crippen LogP contribution in [0.15, 0.2) is 376 Å². The van der Waals surface area contributed by atoms with E-state index in [1.165, 1.54) is 38.8 Å². The summed E-state index contributed by atoms with van der Waals surface area (Å²) in [4.78, 5) is 5.02. The zero-order chi connectivity index (χ0) is 77.3. The van der Waals surface area contributed by atoms with E-state index in [-0.39, 0.29) is 33.9 Å². The largest absolute Gasteiger partial charge is 0.310 e. The molecule has 106 heavy (non-hydrogen) atoms. The van der Waals surface area contributed by atoms with Gasteiger partial charge in [-0.25, -0.2) is 0 Å². The summed E-state index contributed by atoms with van der Waals surface area (Å²) in [5, 5.41) is 2.32. The second-order valence-corrected chi connectivity index (χ2v) is 29.2. The highest BCUT2D eigenvalue weighted by Crippen LogP contribution is 2.60. The topological polar surface area (TPSA) is 16.3 Å². The van der Waals surface area contributed by atoms with Crippen LogP contribution >= 0.6 is 0 Å². The van der Waals surface area contributed by atoms with Gasteiger partial charge >= 0.3 is 0 Å². The van der Waals surface area contributed by atoms with Crippen molar-refractivity contribution in [3.63, 3.8) is 0 Å². The summed E-state index contributed by atoms with van der Waals surface area (Å²) in [7, 11) is 0. The standard InChI is InChI=1S/C101H71BN4/c1-100(2,3)72-62-93-97-94(63-72)106(99-77(68-36-14-6-15-37-68)50-31-51-78(99)69-38-16-7-17-39-69)92-65-74(104-89-55-29-25-47-83(89)95-90(104)61-58-82-79-44-22-26-52-84(79)101(96(82)95,70-40-18-8-19-41-70)71-42-20-9-21-43-71)57-60-86(92)102(97)85-59-56-73(103-87-53-27-23-45-80(87)81-46-24-28-54-88(81)103)64-91(85)105(93)98-75(66-32-10-4-11-33-66)48-30-49-76(98)67-34-12-5-13-35-67/h4-65H,1-3H3/i23D,24D,27D,28D,45D,46D,53D,54D. The van der Waals surface area contributed by atoms with Gasteiger partial charge in [-0.2, -0.15) is 0 Å². The number of hydrogen-bond donors (Lipinski definition) is 0. The van der Waals surface area contributed by atoms with Crippen LogP contribution in [-0.4, -0.2) is 15.8 Å². The first-order valence-electron chi connectivity index (χ1n) is 40.4. The molecule has 2 aromatic heterocycles. The van der Waals surface area contributed by atoms with Crippen LogP contribution in [0.2, 0.25) is 0 Å². The van der Waals surface area contributed by atoms with E-state index in [0.29, 0.717) is 5.69 Å². The molecule has 2 aliphatic heterocycles. The van der Waals surface area contributed by atoms with Gasteiger partial charge in [0.2, 0.25) is 0 Å². The average molecular weight is 1360 g/mol. The monoisotopic (exact) mass is 1360 g/mol. The SMILES string of the molecule is [2H]c1c([2H])c([2H])c2c(c1[2H])c1c([2H])c([2H])c([2H])c([2H])c1n2-c1ccc2c(c1)N(c1c(-c3ccccc3)cccc1-c1ccccc1)c1cc(C(C)(C)C)cc3c1B2c1ccc(-n2c4ccccc4c4c5c(ccc42)-c2ccccc2C5(c2ccccc2)c2ccccc2)cc1N3c1c(-c2ccccc2)cccc1-c1ccccc1. The molecular formula is C101H71BN4. The lowest BCUT2D eigenvalue weighted by Gasteiger charge is -2.46. The van der Waals surface area contributed by atoms with Crippen molar-refractivity contribution < 1.29 is 11.0 Å². The molecule has 3 aliphatic rings. The first-order valence-corrected chi connectivity index (χ1v) is 36.4. The van der Waals surface area contributed by atoms with Crippen molar-refractivity contribution in [1.29, 1.82) is 0 Å². The summed E-state index contributed by atoms with van der Waals surface area (Å²) in [5.74, 6) is 0. The lowest BCUT2D eigenvalue weighted by Crippen LogP contribution is -2.61. The minimum absolute atomic E-state index is 0.00960. The van der Waals surface area contributed by atoms with Gasteiger partial charge in [-0.1, -0.05) is 336 Å². The lowest BCUT2D eigenvalue weighted by atomic mass is 9.33. The molecule has 0 saturated carbocycles. The Balaban J connectivity index is 0.925. The maximum atomic E-state index is 9.85. The van der Waals surface area contributed by atoms with Gasteiger partial charge in [0.15, 0.2) is 0 Å². The molecule has 0 spiro atoms. The summed E-state index contributed by atoms with van der Waals surface area (Å²) in [5.41, 5.74) is 27.2.